The summed E-state index contributed by atoms with van der Waals surface area (Å²) in [6.07, 6.45) is 16.6. The minimum Gasteiger partial charge on any atom is -0.319 e. The molecule has 1 N–H and O–H groups in total. The molecule has 1 fully saturated rings. The molecule has 0 bridgehead atoms. The average Bonchev–Trinajstić information content (AvgIpc) is 2.84. The summed E-state index contributed by atoms with van der Waals surface area (Å²) >= 11 is 0. The molecule has 1 aliphatic carbocycles. The molecule has 0 aromatic rings. The van der Waals surface area contributed by atoms with Gasteiger partial charge in [0.1, 0.15) is 0 Å². The van der Waals surface area contributed by atoms with Crippen molar-refractivity contribution in [1.29, 1.82) is 0 Å². The molecule has 0 aromatic heterocycles. The summed E-state index contributed by atoms with van der Waals surface area (Å²) in [6, 6.07) is 0. The lowest BCUT2D eigenvalue weighted by Crippen LogP contribution is -2.08. The fourth-order valence-electron chi connectivity index (χ4n) is 3.38. The highest BCUT2D eigenvalue weighted by molar-refractivity contribution is 5.23. The van der Waals surface area contributed by atoms with Crippen LogP contribution in [-0.2, 0) is 0 Å². The van der Waals surface area contributed by atoms with E-state index in [4.69, 9.17) is 0 Å². The molecule has 1 heteroatoms. The quantitative estimate of drug-likeness (QED) is 0.443. The highest BCUT2D eigenvalue weighted by atomic mass is 14.8. The molecule has 0 aromatic carbocycles. The second-order valence-corrected chi connectivity index (χ2v) is 6.64. The Morgan fingerprint density at radius 3 is 2.75 bits per heavy atom. The monoisotopic (exact) mass is 277 g/mol. The van der Waals surface area contributed by atoms with Crippen LogP contribution in [0.3, 0.4) is 0 Å². The summed E-state index contributed by atoms with van der Waals surface area (Å²) in [5.41, 5.74) is 1.62. The Hall–Kier alpha value is -0.560. The van der Waals surface area contributed by atoms with Crippen molar-refractivity contribution < 1.29 is 0 Å². The van der Waals surface area contributed by atoms with Crippen LogP contribution in [0.1, 0.15) is 65.7 Å². The molecule has 3 unspecified atom stereocenters. The van der Waals surface area contributed by atoms with E-state index in [1.807, 2.05) is 7.05 Å². The number of nitrogens with one attached hydrogen (secondary N) is 1. The number of hydrogen-bond acceptors (Lipinski definition) is 1. The zero-order valence-electron chi connectivity index (χ0n) is 14.1. The molecule has 0 spiro atoms. The Bertz CT molecular complexity index is 303. The van der Waals surface area contributed by atoms with E-state index in [2.05, 4.69) is 44.3 Å². The molecular weight excluding hydrogens is 242 g/mol. The van der Waals surface area contributed by atoms with E-state index in [-0.39, 0.29) is 0 Å². The number of rotatable bonds is 9. The van der Waals surface area contributed by atoms with Gasteiger partial charge in [-0.25, -0.2) is 0 Å². The van der Waals surface area contributed by atoms with Gasteiger partial charge < -0.3 is 5.32 Å². The third-order valence-corrected chi connectivity index (χ3v) is 4.70. The minimum absolute atomic E-state index is 0.815. The van der Waals surface area contributed by atoms with Crippen LogP contribution >= 0.6 is 0 Å². The van der Waals surface area contributed by atoms with Crippen molar-refractivity contribution in [3.05, 3.63) is 23.8 Å². The third-order valence-electron chi connectivity index (χ3n) is 4.70. The predicted octanol–water partition coefficient (Wildman–Crippen LogP) is 5.34. The fraction of sp³-hybridized carbons (Fsp3) is 0.789. The van der Waals surface area contributed by atoms with E-state index in [1.165, 1.54) is 38.5 Å². The van der Waals surface area contributed by atoms with E-state index in [0.717, 1.165) is 30.7 Å². The van der Waals surface area contributed by atoms with Crippen LogP contribution in [0.4, 0.5) is 0 Å². The molecule has 0 radical (unpaired) electrons. The minimum atomic E-state index is 0.815. The molecule has 116 valence electrons. The van der Waals surface area contributed by atoms with Crippen LogP contribution in [0, 0.1) is 17.8 Å². The molecule has 0 heterocycles. The average molecular weight is 277 g/mol. The molecule has 0 aliphatic heterocycles. The van der Waals surface area contributed by atoms with Gasteiger partial charge in [-0.05, 0) is 56.2 Å². The van der Waals surface area contributed by atoms with Gasteiger partial charge in [0.15, 0.2) is 0 Å². The number of hydrogen-bond donors (Lipinski definition) is 1. The van der Waals surface area contributed by atoms with Gasteiger partial charge in [0, 0.05) is 0 Å². The summed E-state index contributed by atoms with van der Waals surface area (Å²) < 4.78 is 0. The molecule has 3 atom stereocenters. The maximum atomic E-state index is 3.22. The van der Waals surface area contributed by atoms with Crippen LogP contribution in [-0.4, -0.2) is 13.6 Å². The summed E-state index contributed by atoms with van der Waals surface area (Å²) in [4.78, 5) is 0. The van der Waals surface area contributed by atoms with Gasteiger partial charge in [-0.15, -0.1) is 0 Å². The highest BCUT2D eigenvalue weighted by Crippen LogP contribution is 2.37. The lowest BCUT2D eigenvalue weighted by molar-refractivity contribution is 0.480. The third kappa shape index (κ3) is 6.26. The first-order chi connectivity index (χ1) is 9.69. The largest absolute Gasteiger partial charge is 0.319 e. The Balaban J connectivity index is 2.62. The van der Waals surface area contributed by atoms with Crippen LogP contribution in [0.15, 0.2) is 23.8 Å². The van der Waals surface area contributed by atoms with Crippen LogP contribution < -0.4 is 5.32 Å². The van der Waals surface area contributed by atoms with Crippen LogP contribution in [0.25, 0.3) is 0 Å². The van der Waals surface area contributed by atoms with Crippen LogP contribution in [0.5, 0.6) is 0 Å². The topological polar surface area (TPSA) is 12.0 Å². The first kappa shape index (κ1) is 17.5. The van der Waals surface area contributed by atoms with E-state index >= 15 is 0 Å². The van der Waals surface area contributed by atoms with Gasteiger partial charge in [-0.2, -0.15) is 0 Å². The van der Waals surface area contributed by atoms with Gasteiger partial charge in [0.2, 0.25) is 0 Å². The van der Waals surface area contributed by atoms with E-state index in [0.29, 0.717) is 0 Å². The number of allylic oxidation sites excluding steroid dienone is 3. The molecule has 0 amide bonds. The Labute approximate surface area is 126 Å². The second-order valence-electron chi connectivity index (χ2n) is 6.64. The zero-order chi connectivity index (χ0) is 14.8. The van der Waals surface area contributed by atoms with Crippen molar-refractivity contribution in [3.8, 4) is 0 Å². The smallest absolute Gasteiger partial charge is 0.00172 e. The van der Waals surface area contributed by atoms with Crippen molar-refractivity contribution in [1.82, 2.24) is 5.32 Å². The molecule has 1 rings (SSSR count). The predicted molar refractivity (Wildman–Crippen MR) is 91.0 cm³/mol. The molecule has 1 aliphatic rings. The molecule has 20 heavy (non-hydrogen) atoms. The van der Waals surface area contributed by atoms with Gasteiger partial charge in [-0.1, -0.05) is 64.7 Å². The lowest BCUT2D eigenvalue weighted by atomic mass is 9.87. The van der Waals surface area contributed by atoms with E-state index in [9.17, 15) is 0 Å². The summed E-state index contributed by atoms with van der Waals surface area (Å²) in [6.45, 7) is 8.19. The molecule has 0 saturated heterocycles. The normalized spacial score (nSPS) is 25.5. The van der Waals surface area contributed by atoms with Crippen molar-refractivity contribution in [3.63, 3.8) is 0 Å². The van der Waals surface area contributed by atoms with Gasteiger partial charge in [0.05, 0.1) is 0 Å². The van der Waals surface area contributed by atoms with Crippen LogP contribution in [0.2, 0.25) is 0 Å². The lowest BCUT2D eigenvalue weighted by Gasteiger charge is -2.18. The maximum Gasteiger partial charge on any atom is -0.00172 e. The van der Waals surface area contributed by atoms with Crippen molar-refractivity contribution in [2.75, 3.05) is 13.6 Å². The zero-order valence-corrected chi connectivity index (χ0v) is 14.1. The Kier molecular flexibility index (Phi) is 8.93. The second kappa shape index (κ2) is 10.2. The fourth-order valence-corrected chi connectivity index (χ4v) is 3.38. The molecule has 1 nitrogen and oxygen atoms in total. The summed E-state index contributed by atoms with van der Waals surface area (Å²) in [7, 11) is 2.02. The van der Waals surface area contributed by atoms with Gasteiger partial charge in [0.25, 0.3) is 0 Å². The highest BCUT2D eigenvalue weighted by Gasteiger charge is 2.25. The Morgan fingerprint density at radius 1 is 1.35 bits per heavy atom. The standard InChI is InChI=1S/C19H35N/c1-5-9-16(2)13-14-18(11-6-7-15-20-4)19-12-8-10-17(19)3/h6,11,14,16-17,19-20H,5,7-10,12-13,15H2,1-4H3/b11-6-,18-14-. The summed E-state index contributed by atoms with van der Waals surface area (Å²) in [5, 5.41) is 3.22. The Morgan fingerprint density at radius 2 is 2.15 bits per heavy atom. The van der Waals surface area contributed by atoms with E-state index < -0.39 is 0 Å². The molecule has 1 saturated carbocycles. The van der Waals surface area contributed by atoms with Gasteiger partial charge in [-0.3, -0.25) is 0 Å². The first-order valence-corrected chi connectivity index (χ1v) is 8.70. The van der Waals surface area contributed by atoms with E-state index in [1.54, 1.807) is 5.57 Å². The molecular formula is C19H35N. The van der Waals surface area contributed by atoms with Crippen molar-refractivity contribution in [2.24, 2.45) is 17.8 Å². The first-order valence-electron chi connectivity index (χ1n) is 8.70. The van der Waals surface area contributed by atoms with Crippen molar-refractivity contribution >= 4 is 0 Å². The SMILES string of the molecule is CCCC(C)C/C=C(/C=C\CCNC)C1CCCC1C. The summed E-state index contributed by atoms with van der Waals surface area (Å²) in [5.74, 6) is 2.52. The maximum absolute atomic E-state index is 3.22. The van der Waals surface area contributed by atoms with Gasteiger partial charge >= 0.3 is 0 Å². The van der Waals surface area contributed by atoms with Crippen molar-refractivity contribution in [2.45, 2.75) is 65.7 Å².